The number of carbonyl (C=O) groups is 3. The van der Waals surface area contributed by atoms with Crippen LogP contribution in [-0.2, 0) is 19.4 Å². The van der Waals surface area contributed by atoms with Gasteiger partial charge in [-0.2, -0.15) is 0 Å². The largest absolute Gasteiger partial charge is 0.496 e. The number of benzene rings is 1. The number of aromatic amines is 1. The molecule has 1 aliphatic rings. The maximum atomic E-state index is 12.9. The van der Waals surface area contributed by atoms with Crippen LogP contribution in [-0.4, -0.2) is 61.5 Å². The third kappa shape index (κ3) is 6.49. The Kier molecular flexibility index (Phi) is 7.50. The fourth-order valence-corrected chi connectivity index (χ4v) is 4.30. The van der Waals surface area contributed by atoms with E-state index in [0.29, 0.717) is 18.1 Å². The maximum absolute atomic E-state index is 12.9. The van der Waals surface area contributed by atoms with Crippen molar-refractivity contribution in [2.75, 3.05) is 19.1 Å². The molecule has 0 saturated heterocycles. The molecule has 0 aliphatic heterocycles. The highest BCUT2D eigenvalue weighted by Gasteiger charge is 2.32. The molecule has 1 heterocycles. The molecule has 1 saturated carbocycles. The molecule has 1 fully saturated rings. The van der Waals surface area contributed by atoms with Crippen molar-refractivity contribution in [3.8, 4) is 5.75 Å². The number of rotatable bonds is 11. The third-order valence-electron chi connectivity index (χ3n) is 5.37. The molecule has 1 aromatic heterocycles. The fraction of sp³-hybridized carbons (Fsp3) is 0.476. The first-order valence-electron chi connectivity index (χ1n) is 10.2. The van der Waals surface area contributed by atoms with E-state index in [4.69, 9.17) is 4.74 Å². The Balaban J connectivity index is 1.73. The number of aromatic nitrogens is 1. The molecular formula is C21H27N3O6S2. The van der Waals surface area contributed by atoms with Crippen molar-refractivity contribution in [2.24, 2.45) is 5.92 Å². The van der Waals surface area contributed by atoms with Gasteiger partial charge < -0.3 is 20.4 Å². The van der Waals surface area contributed by atoms with Crippen LogP contribution in [0.5, 0.6) is 5.75 Å². The number of H-pyrrole nitrogens is 1. The Labute approximate surface area is 192 Å². The highest BCUT2D eigenvalue weighted by Crippen LogP contribution is 2.34. The molecule has 0 bridgehead atoms. The molecule has 1 aromatic carbocycles. The van der Waals surface area contributed by atoms with Crippen molar-refractivity contribution in [1.29, 1.82) is 0 Å². The number of ether oxygens (including phenoxy) is 1. The molecule has 2 aromatic rings. The summed E-state index contributed by atoms with van der Waals surface area (Å²) < 4.78 is 28.2. The summed E-state index contributed by atoms with van der Waals surface area (Å²) in [6.45, 7) is 0. The van der Waals surface area contributed by atoms with E-state index in [1.54, 1.807) is 25.3 Å². The van der Waals surface area contributed by atoms with Gasteiger partial charge in [0.1, 0.15) is 27.3 Å². The molecule has 0 radical (unpaired) electrons. The van der Waals surface area contributed by atoms with Crippen LogP contribution in [0.2, 0.25) is 0 Å². The number of nitrogens with one attached hydrogen (secondary N) is 3. The molecule has 11 heteroatoms. The number of thiol groups is 1. The molecule has 3 rings (SSSR count). The molecular weight excluding hydrogens is 454 g/mol. The van der Waals surface area contributed by atoms with Crippen molar-refractivity contribution in [3.63, 3.8) is 0 Å². The van der Waals surface area contributed by atoms with Gasteiger partial charge in [-0.15, -0.1) is 12.6 Å². The minimum absolute atomic E-state index is 0.0845. The number of hydrogen-bond donors (Lipinski definition) is 4. The quantitative estimate of drug-likeness (QED) is 0.359. The summed E-state index contributed by atoms with van der Waals surface area (Å²) >= 11 is 3.77. The van der Waals surface area contributed by atoms with E-state index in [2.05, 4.69) is 28.2 Å². The van der Waals surface area contributed by atoms with E-state index in [9.17, 15) is 22.8 Å². The van der Waals surface area contributed by atoms with E-state index >= 15 is 0 Å². The van der Waals surface area contributed by atoms with Gasteiger partial charge in [-0.25, -0.2) is 8.42 Å². The van der Waals surface area contributed by atoms with Crippen LogP contribution in [0.1, 0.15) is 36.2 Å². The van der Waals surface area contributed by atoms with Crippen molar-refractivity contribution < 1.29 is 27.5 Å². The monoisotopic (exact) mass is 481 g/mol. The second-order valence-corrected chi connectivity index (χ2v) is 10.8. The number of methoxy groups -OCH3 is 1. The molecule has 2 amide bonds. The van der Waals surface area contributed by atoms with E-state index in [1.165, 1.54) is 0 Å². The zero-order chi connectivity index (χ0) is 23.5. The molecule has 2 atom stereocenters. The minimum Gasteiger partial charge on any atom is -0.496 e. The lowest BCUT2D eigenvalue weighted by Crippen LogP contribution is -2.51. The highest BCUT2D eigenvalue weighted by atomic mass is 32.2. The van der Waals surface area contributed by atoms with Crippen molar-refractivity contribution >= 4 is 50.3 Å². The van der Waals surface area contributed by atoms with E-state index in [0.717, 1.165) is 30.0 Å². The predicted octanol–water partition coefficient (Wildman–Crippen LogP) is 1.45. The van der Waals surface area contributed by atoms with Crippen LogP contribution in [0, 0.1) is 5.92 Å². The summed E-state index contributed by atoms with van der Waals surface area (Å²) in [6, 6.07) is 5.13. The molecule has 174 valence electrons. The first-order valence-corrected chi connectivity index (χ1v) is 12.8. The summed E-state index contributed by atoms with van der Waals surface area (Å²) in [7, 11) is -1.77. The lowest BCUT2D eigenvalue weighted by molar-refractivity contribution is -0.126. The van der Waals surface area contributed by atoms with Gasteiger partial charge >= 0.3 is 0 Å². The SMILES string of the molecule is COc1cccc2[nH]c(C(=O)N[C@@H](CC3CC3)C(=O)N[C@@H](CCS(C)(=O)=O)C(=O)S)cc12. The van der Waals surface area contributed by atoms with Gasteiger partial charge in [0.05, 0.1) is 18.9 Å². The Morgan fingerprint density at radius 3 is 2.53 bits per heavy atom. The van der Waals surface area contributed by atoms with Crippen LogP contribution in [0.4, 0.5) is 0 Å². The van der Waals surface area contributed by atoms with Crippen molar-refractivity contribution in [2.45, 2.75) is 37.8 Å². The smallest absolute Gasteiger partial charge is 0.268 e. The van der Waals surface area contributed by atoms with E-state index in [-0.39, 0.29) is 17.9 Å². The molecule has 0 spiro atoms. The lowest BCUT2D eigenvalue weighted by Gasteiger charge is -2.21. The second kappa shape index (κ2) is 9.95. The fourth-order valence-electron chi connectivity index (χ4n) is 3.44. The maximum Gasteiger partial charge on any atom is 0.268 e. The zero-order valence-electron chi connectivity index (χ0n) is 17.9. The molecule has 1 aliphatic carbocycles. The normalized spacial score (nSPS) is 15.7. The average molecular weight is 482 g/mol. The van der Waals surface area contributed by atoms with Crippen molar-refractivity contribution in [1.82, 2.24) is 15.6 Å². The third-order valence-corrected chi connectivity index (χ3v) is 6.66. The number of fused-ring (bicyclic) bond motifs is 1. The number of carbonyl (C=O) groups excluding carboxylic acids is 3. The second-order valence-electron chi connectivity index (χ2n) is 8.13. The van der Waals surface area contributed by atoms with Gasteiger partial charge in [-0.05, 0) is 37.0 Å². The Morgan fingerprint density at radius 2 is 1.94 bits per heavy atom. The van der Waals surface area contributed by atoms with Gasteiger partial charge in [0.25, 0.3) is 5.91 Å². The standard InChI is InChI=1S/C21H27N3O6S2/c1-30-18-5-3-4-14-13(18)11-17(22-14)20(26)24-16(10-12-6-7-12)19(25)23-15(21(27)31)8-9-32(2,28)29/h3-5,11-12,15-16,22H,6-10H2,1-2H3,(H,23,25)(H,24,26)(H,27,31)/t15-,16-/m0/s1. The number of hydrogen-bond acceptors (Lipinski definition) is 6. The van der Waals surface area contributed by atoms with Crippen LogP contribution < -0.4 is 15.4 Å². The van der Waals surface area contributed by atoms with Gasteiger partial charge in [0, 0.05) is 17.2 Å². The Bertz CT molecular complexity index is 1120. The number of sulfone groups is 1. The topological polar surface area (TPSA) is 134 Å². The van der Waals surface area contributed by atoms with Crippen LogP contribution in [0.25, 0.3) is 10.9 Å². The van der Waals surface area contributed by atoms with Crippen LogP contribution in [0.15, 0.2) is 24.3 Å². The predicted molar refractivity (Wildman–Crippen MR) is 124 cm³/mol. The van der Waals surface area contributed by atoms with E-state index in [1.807, 2.05) is 6.07 Å². The summed E-state index contributed by atoms with van der Waals surface area (Å²) in [5, 5.41) is 5.39. The lowest BCUT2D eigenvalue weighted by atomic mass is 10.1. The average Bonchev–Trinajstić information content (AvgIpc) is 3.43. The highest BCUT2D eigenvalue weighted by molar-refractivity contribution is 7.96. The van der Waals surface area contributed by atoms with Crippen LogP contribution >= 0.6 is 12.6 Å². The Hall–Kier alpha value is -2.53. The summed E-state index contributed by atoms with van der Waals surface area (Å²) in [5.41, 5.74) is 0.996. The molecule has 9 nitrogen and oxygen atoms in total. The summed E-state index contributed by atoms with van der Waals surface area (Å²) in [5.74, 6) is -0.337. The van der Waals surface area contributed by atoms with Gasteiger partial charge in [-0.1, -0.05) is 18.9 Å². The molecule has 3 N–H and O–H groups in total. The van der Waals surface area contributed by atoms with Crippen LogP contribution in [0.3, 0.4) is 0 Å². The van der Waals surface area contributed by atoms with Gasteiger partial charge in [0.2, 0.25) is 11.0 Å². The zero-order valence-corrected chi connectivity index (χ0v) is 19.6. The van der Waals surface area contributed by atoms with Gasteiger partial charge in [-0.3, -0.25) is 14.4 Å². The molecule has 32 heavy (non-hydrogen) atoms. The summed E-state index contributed by atoms with van der Waals surface area (Å²) in [4.78, 5) is 40.6. The first-order chi connectivity index (χ1) is 15.1. The van der Waals surface area contributed by atoms with Gasteiger partial charge in [0.15, 0.2) is 0 Å². The number of amides is 2. The first kappa shape index (κ1) is 24.1. The summed E-state index contributed by atoms with van der Waals surface area (Å²) in [6.07, 6.45) is 3.33. The molecule has 0 unspecified atom stereocenters. The Morgan fingerprint density at radius 1 is 1.22 bits per heavy atom. The minimum atomic E-state index is -3.31. The van der Waals surface area contributed by atoms with Crippen molar-refractivity contribution in [3.05, 3.63) is 30.0 Å². The van der Waals surface area contributed by atoms with E-state index < -0.39 is 38.9 Å².